The monoisotopic (exact) mass is 559 g/mol. The zero-order valence-electron chi connectivity index (χ0n) is 22.5. The third-order valence-corrected chi connectivity index (χ3v) is 7.27. The molecular weight excluding hydrogens is 526 g/mol. The minimum atomic E-state index is -0.767. The molecule has 5 rings (SSSR count). The summed E-state index contributed by atoms with van der Waals surface area (Å²) in [4.78, 5) is 30.0. The molecule has 2 aliphatic rings. The lowest BCUT2D eigenvalue weighted by molar-refractivity contribution is -0.122. The molecule has 0 radical (unpaired) electrons. The first kappa shape index (κ1) is 27.5. The van der Waals surface area contributed by atoms with Crippen LogP contribution in [0.4, 0.5) is 11.4 Å². The number of nitrogens with zero attached hydrogens (tertiary/aromatic N) is 2. The van der Waals surface area contributed by atoms with Crippen molar-refractivity contribution in [2.45, 2.75) is 51.6 Å². The van der Waals surface area contributed by atoms with Gasteiger partial charge in [-0.15, -0.1) is 0 Å². The van der Waals surface area contributed by atoms with E-state index < -0.39 is 6.04 Å². The van der Waals surface area contributed by atoms with Crippen LogP contribution in [0.25, 0.3) is 0 Å². The van der Waals surface area contributed by atoms with Crippen LogP contribution in [0.1, 0.15) is 44.6 Å². The minimum Gasteiger partial charge on any atom is -0.494 e. The number of imide groups is 1. The summed E-state index contributed by atoms with van der Waals surface area (Å²) in [7, 11) is 0. The van der Waals surface area contributed by atoms with Gasteiger partial charge in [0.15, 0.2) is 16.6 Å². The zero-order chi connectivity index (χ0) is 27.9. The van der Waals surface area contributed by atoms with Gasteiger partial charge in [0.05, 0.1) is 18.7 Å². The molecule has 208 valence electrons. The number of thiocarbonyl (C=S) groups is 1. The maximum Gasteiger partial charge on any atom is 0.257 e. The highest BCUT2D eigenvalue weighted by Crippen LogP contribution is 2.34. The zero-order valence-corrected chi connectivity index (χ0v) is 23.3. The Labute approximate surface area is 239 Å². The number of ether oxygens (including phenoxy) is 3. The van der Waals surface area contributed by atoms with Gasteiger partial charge in [0.2, 0.25) is 12.7 Å². The standard InChI is InChI=1S/C31H33N3O5S/c1-2-3-4-8-17-37-25-14-12-24(13-15-25)34-29(35)19-26(30(34)36)33(31(40)32-23-9-6-5-7-10-23)20-22-11-16-27-28(18-22)39-21-38-27/h5-7,9-16,18,26H,2-4,8,17,19-21H2,1H3,(H,32,40)/t26-/m0/s1. The van der Waals surface area contributed by atoms with E-state index >= 15 is 0 Å². The molecule has 1 saturated heterocycles. The second-order valence-corrected chi connectivity index (χ2v) is 10.2. The van der Waals surface area contributed by atoms with E-state index in [0.717, 1.165) is 24.1 Å². The fourth-order valence-electron chi connectivity index (χ4n) is 4.82. The van der Waals surface area contributed by atoms with Crippen LogP contribution in [0.5, 0.6) is 17.2 Å². The van der Waals surface area contributed by atoms with Crippen LogP contribution in [0.2, 0.25) is 0 Å². The van der Waals surface area contributed by atoms with Crippen molar-refractivity contribution in [1.82, 2.24) is 4.90 Å². The van der Waals surface area contributed by atoms with E-state index in [4.69, 9.17) is 26.4 Å². The van der Waals surface area contributed by atoms with Crippen molar-refractivity contribution in [1.29, 1.82) is 0 Å². The van der Waals surface area contributed by atoms with E-state index in [1.54, 1.807) is 29.2 Å². The molecule has 2 amide bonds. The molecule has 1 fully saturated rings. The van der Waals surface area contributed by atoms with Crippen LogP contribution in [-0.4, -0.2) is 41.3 Å². The second kappa shape index (κ2) is 12.8. The molecule has 40 heavy (non-hydrogen) atoms. The average Bonchev–Trinajstić information content (AvgIpc) is 3.55. The second-order valence-electron chi connectivity index (χ2n) is 9.80. The highest BCUT2D eigenvalue weighted by atomic mass is 32.1. The van der Waals surface area contributed by atoms with Gasteiger partial charge in [0.1, 0.15) is 11.8 Å². The molecule has 0 aliphatic carbocycles. The van der Waals surface area contributed by atoms with Crippen LogP contribution in [0.3, 0.4) is 0 Å². The Morgan fingerprint density at radius 2 is 1.77 bits per heavy atom. The van der Waals surface area contributed by atoms with Crippen LogP contribution < -0.4 is 24.4 Å². The fraction of sp³-hybridized carbons (Fsp3) is 0.323. The van der Waals surface area contributed by atoms with E-state index in [1.807, 2.05) is 48.5 Å². The lowest BCUT2D eigenvalue weighted by Gasteiger charge is -2.30. The number of carbonyl (C=O) groups excluding carboxylic acids is 2. The molecule has 1 N–H and O–H groups in total. The van der Waals surface area contributed by atoms with Gasteiger partial charge in [0.25, 0.3) is 5.91 Å². The molecule has 0 aromatic heterocycles. The Morgan fingerprint density at radius 1 is 1.00 bits per heavy atom. The first-order valence-electron chi connectivity index (χ1n) is 13.6. The number of carbonyl (C=O) groups is 2. The van der Waals surface area contributed by atoms with Crippen molar-refractivity contribution in [3.05, 3.63) is 78.4 Å². The lowest BCUT2D eigenvalue weighted by atomic mass is 10.1. The van der Waals surface area contributed by atoms with Crippen molar-refractivity contribution in [3.63, 3.8) is 0 Å². The first-order chi connectivity index (χ1) is 19.5. The number of nitrogens with one attached hydrogen (secondary N) is 1. The van der Waals surface area contributed by atoms with Gasteiger partial charge < -0.3 is 24.4 Å². The van der Waals surface area contributed by atoms with Gasteiger partial charge in [-0.25, -0.2) is 4.90 Å². The first-order valence-corrected chi connectivity index (χ1v) is 14.0. The van der Waals surface area contributed by atoms with Crippen LogP contribution >= 0.6 is 12.2 Å². The van der Waals surface area contributed by atoms with E-state index in [1.165, 1.54) is 17.7 Å². The Morgan fingerprint density at radius 3 is 2.55 bits per heavy atom. The maximum atomic E-state index is 13.7. The van der Waals surface area contributed by atoms with Crippen LogP contribution in [0, 0.1) is 0 Å². The van der Waals surface area contributed by atoms with Crippen molar-refractivity contribution in [3.8, 4) is 17.2 Å². The topological polar surface area (TPSA) is 80.3 Å². The average molecular weight is 560 g/mol. The number of hydrogen-bond donors (Lipinski definition) is 1. The summed E-state index contributed by atoms with van der Waals surface area (Å²) >= 11 is 5.78. The molecule has 0 spiro atoms. The molecule has 0 bridgehead atoms. The number of anilines is 2. The Kier molecular flexibility index (Phi) is 8.81. The van der Waals surface area contributed by atoms with E-state index in [9.17, 15) is 9.59 Å². The van der Waals surface area contributed by atoms with Gasteiger partial charge in [-0.2, -0.15) is 0 Å². The van der Waals surface area contributed by atoms with Gasteiger partial charge in [0, 0.05) is 12.2 Å². The van der Waals surface area contributed by atoms with Crippen molar-refractivity contribution in [2.75, 3.05) is 23.6 Å². The summed E-state index contributed by atoms with van der Waals surface area (Å²) < 4.78 is 16.8. The molecule has 0 unspecified atom stereocenters. The molecular formula is C31H33N3O5S. The summed E-state index contributed by atoms with van der Waals surface area (Å²) in [6, 6.07) is 21.5. The third-order valence-electron chi connectivity index (χ3n) is 6.94. The number of rotatable bonds is 11. The molecule has 8 nitrogen and oxygen atoms in total. The van der Waals surface area contributed by atoms with Crippen LogP contribution in [-0.2, 0) is 16.1 Å². The summed E-state index contributed by atoms with van der Waals surface area (Å²) in [5, 5.41) is 3.57. The smallest absolute Gasteiger partial charge is 0.257 e. The predicted molar refractivity (Wildman–Crippen MR) is 158 cm³/mol. The molecule has 2 aliphatic heterocycles. The molecule has 0 saturated carbocycles. The molecule has 3 aromatic carbocycles. The number of fused-ring (bicyclic) bond motifs is 1. The summed E-state index contributed by atoms with van der Waals surface area (Å²) in [6.45, 7) is 3.29. The molecule has 3 aromatic rings. The number of hydrogen-bond acceptors (Lipinski definition) is 6. The van der Waals surface area contributed by atoms with Gasteiger partial charge >= 0.3 is 0 Å². The predicted octanol–water partition coefficient (Wildman–Crippen LogP) is 5.91. The molecule has 2 heterocycles. The Hall–Kier alpha value is -4.11. The van der Waals surface area contributed by atoms with E-state index in [2.05, 4.69) is 12.2 Å². The highest BCUT2D eigenvalue weighted by Gasteiger charge is 2.43. The Bertz CT molecular complexity index is 1350. The quantitative estimate of drug-likeness (QED) is 0.177. The summed E-state index contributed by atoms with van der Waals surface area (Å²) in [5.74, 6) is 1.43. The largest absolute Gasteiger partial charge is 0.494 e. The normalized spacial score (nSPS) is 15.8. The van der Waals surface area contributed by atoms with E-state index in [0.29, 0.717) is 41.2 Å². The number of benzene rings is 3. The SMILES string of the molecule is CCCCCCOc1ccc(N2C(=O)C[C@H](N(Cc3ccc4c(c3)OCO4)C(=S)Nc3ccccc3)C2=O)cc1. The maximum absolute atomic E-state index is 13.7. The van der Waals surface area contributed by atoms with Gasteiger partial charge in [-0.3, -0.25) is 9.59 Å². The number of para-hydroxylation sites is 1. The van der Waals surface area contributed by atoms with Gasteiger partial charge in [-0.1, -0.05) is 50.5 Å². The number of unbranched alkanes of at least 4 members (excludes halogenated alkanes) is 3. The number of amides is 2. The summed E-state index contributed by atoms with van der Waals surface area (Å²) in [6.07, 6.45) is 4.51. The lowest BCUT2D eigenvalue weighted by Crippen LogP contribution is -2.46. The van der Waals surface area contributed by atoms with Crippen molar-refractivity contribution < 1.29 is 23.8 Å². The molecule has 9 heteroatoms. The fourth-order valence-corrected chi connectivity index (χ4v) is 5.13. The highest BCUT2D eigenvalue weighted by molar-refractivity contribution is 7.80. The van der Waals surface area contributed by atoms with Crippen molar-refractivity contribution >= 4 is 40.5 Å². The van der Waals surface area contributed by atoms with Gasteiger partial charge in [-0.05, 0) is 72.7 Å². The Balaban J connectivity index is 1.33. The third kappa shape index (κ3) is 6.37. The van der Waals surface area contributed by atoms with Crippen LogP contribution in [0.15, 0.2) is 72.8 Å². The van der Waals surface area contributed by atoms with E-state index in [-0.39, 0.29) is 25.0 Å². The minimum absolute atomic E-state index is 0.00960. The molecule has 1 atom stereocenters. The summed E-state index contributed by atoms with van der Waals surface area (Å²) in [5.41, 5.74) is 2.18. The van der Waals surface area contributed by atoms with Crippen molar-refractivity contribution in [2.24, 2.45) is 0 Å².